The van der Waals surface area contributed by atoms with Gasteiger partial charge in [0.05, 0.1) is 11.5 Å². The number of amides is 1. The van der Waals surface area contributed by atoms with E-state index in [0.717, 1.165) is 37.8 Å². The van der Waals surface area contributed by atoms with E-state index in [1.165, 1.54) is 6.07 Å². The molecule has 0 bridgehead atoms. The van der Waals surface area contributed by atoms with E-state index in [-0.39, 0.29) is 17.6 Å². The number of nitro benzene ring substituents is 1. The lowest BCUT2D eigenvalue weighted by atomic mass is 9.87. The maximum Gasteiger partial charge on any atom is 0.305 e. The molecule has 0 atom stereocenters. The topological polar surface area (TPSA) is 92.5 Å². The molecule has 1 aromatic carbocycles. The fourth-order valence-electron chi connectivity index (χ4n) is 2.68. The summed E-state index contributed by atoms with van der Waals surface area (Å²) in [4.78, 5) is 21.8. The lowest BCUT2D eigenvalue weighted by Crippen LogP contribution is -2.38. The molecular formula is C14H17FN2O4. The first-order valence-corrected chi connectivity index (χ1v) is 6.80. The van der Waals surface area contributed by atoms with Crippen LogP contribution in [-0.4, -0.2) is 29.1 Å². The Kier molecular flexibility index (Phi) is 4.52. The predicted octanol–water partition coefficient (Wildman–Crippen LogP) is 2.02. The minimum absolute atomic E-state index is 0.00313. The fourth-order valence-corrected chi connectivity index (χ4v) is 2.68. The summed E-state index contributed by atoms with van der Waals surface area (Å²) >= 11 is 0. The van der Waals surface area contributed by atoms with Gasteiger partial charge in [0.1, 0.15) is 0 Å². The van der Waals surface area contributed by atoms with Gasteiger partial charge in [0.15, 0.2) is 0 Å². The Morgan fingerprint density at radius 2 is 2.10 bits per heavy atom. The number of carbonyl (C=O) groups excluding carboxylic acids is 1. The number of hydrogen-bond acceptors (Lipinski definition) is 4. The van der Waals surface area contributed by atoms with Crippen LogP contribution in [0.1, 0.15) is 36.0 Å². The lowest BCUT2D eigenvalue weighted by Gasteiger charge is -2.26. The van der Waals surface area contributed by atoms with Crippen LogP contribution in [0.4, 0.5) is 10.1 Å². The Hall–Kier alpha value is -2.02. The van der Waals surface area contributed by atoms with Gasteiger partial charge in [-0.1, -0.05) is 12.8 Å². The molecule has 0 unspecified atom stereocenters. The van der Waals surface area contributed by atoms with Crippen LogP contribution in [0.5, 0.6) is 0 Å². The quantitative estimate of drug-likeness (QED) is 0.642. The summed E-state index contributed by atoms with van der Waals surface area (Å²) in [5.41, 5.74) is -0.990. The van der Waals surface area contributed by atoms with Crippen molar-refractivity contribution >= 4 is 11.6 Å². The van der Waals surface area contributed by atoms with Crippen LogP contribution in [0.25, 0.3) is 0 Å². The molecule has 2 rings (SSSR count). The Balaban J connectivity index is 2.07. The zero-order chi connectivity index (χ0) is 15.5. The van der Waals surface area contributed by atoms with Crippen molar-refractivity contribution in [3.63, 3.8) is 0 Å². The Morgan fingerprint density at radius 3 is 2.67 bits per heavy atom. The molecule has 0 aromatic heterocycles. The van der Waals surface area contributed by atoms with E-state index in [1.807, 2.05) is 0 Å². The van der Waals surface area contributed by atoms with Crippen molar-refractivity contribution in [2.24, 2.45) is 5.41 Å². The average Bonchev–Trinajstić information content (AvgIpc) is 2.94. The van der Waals surface area contributed by atoms with Crippen LogP contribution in [0, 0.1) is 21.3 Å². The summed E-state index contributed by atoms with van der Waals surface area (Å²) in [6.45, 7) is 0.310. The first-order chi connectivity index (χ1) is 9.97. The molecule has 7 heteroatoms. The van der Waals surface area contributed by atoms with E-state index < -0.39 is 22.3 Å². The second-order valence-corrected chi connectivity index (χ2v) is 5.47. The van der Waals surface area contributed by atoms with Gasteiger partial charge >= 0.3 is 5.69 Å². The maximum absolute atomic E-state index is 13.2. The minimum atomic E-state index is -0.973. The van der Waals surface area contributed by atoms with Crippen molar-refractivity contribution in [3.05, 3.63) is 39.7 Å². The first kappa shape index (κ1) is 15.4. The molecule has 1 aliphatic rings. The normalized spacial score (nSPS) is 16.7. The number of halogens is 1. The monoisotopic (exact) mass is 296 g/mol. The number of nitrogens with zero attached hydrogens (tertiary/aromatic N) is 1. The summed E-state index contributed by atoms with van der Waals surface area (Å²) in [5, 5.41) is 22.8. The van der Waals surface area contributed by atoms with Crippen molar-refractivity contribution in [1.82, 2.24) is 5.32 Å². The van der Waals surface area contributed by atoms with Crippen molar-refractivity contribution in [2.45, 2.75) is 25.7 Å². The summed E-state index contributed by atoms with van der Waals surface area (Å²) in [7, 11) is 0. The maximum atomic E-state index is 13.2. The Labute approximate surface area is 121 Å². The molecule has 1 fully saturated rings. The fraction of sp³-hybridized carbons (Fsp3) is 0.500. The highest BCUT2D eigenvalue weighted by molar-refractivity contribution is 5.94. The molecule has 114 valence electrons. The molecule has 0 saturated heterocycles. The van der Waals surface area contributed by atoms with Gasteiger partial charge in [0.2, 0.25) is 5.82 Å². The molecule has 0 heterocycles. The van der Waals surface area contributed by atoms with E-state index >= 15 is 0 Å². The average molecular weight is 296 g/mol. The number of benzene rings is 1. The molecule has 0 spiro atoms. The highest BCUT2D eigenvalue weighted by atomic mass is 19.1. The second kappa shape index (κ2) is 6.17. The van der Waals surface area contributed by atoms with Crippen LogP contribution >= 0.6 is 0 Å². The number of hydrogen-bond donors (Lipinski definition) is 2. The second-order valence-electron chi connectivity index (χ2n) is 5.47. The smallest absolute Gasteiger partial charge is 0.305 e. The number of aliphatic hydroxyl groups is 1. The number of rotatable bonds is 5. The van der Waals surface area contributed by atoms with Crippen molar-refractivity contribution in [3.8, 4) is 0 Å². The molecule has 1 aromatic rings. The van der Waals surface area contributed by atoms with Gasteiger partial charge in [-0.25, -0.2) is 0 Å². The molecule has 21 heavy (non-hydrogen) atoms. The van der Waals surface area contributed by atoms with Gasteiger partial charge in [-0.05, 0) is 25.0 Å². The lowest BCUT2D eigenvalue weighted by molar-refractivity contribution is -0.387. The molecule has 0 aliphatic heterocycles. The first-order valence-electron chi connectivity index (χ1n) is 6.80. The van der Waals surface area contributed by atoms with Gasteiger partial charge in [-0.3, -0.25) is 14.9 Å². The summed E-state index contributed by atoms with van der Waals surface area (Å²) in [6.07, 6.45) is 3.71. The molecule has 1 aliphatic carbocycles. The van der Waals surface area contributed by atoms with E-state index in [9.17, 15) is 24.4 Å². The van der Waals surface area contributed by atoms with Crippen molar-refractivity contribution < 1.29 is 19.2 Å². The van der Waals surface area contributed by atoms with Gasteiger partial charge in [0, 0.05) is 23.6 Å². The van der Waals surface area contributed by atoms with E-state index in [4.69, 9.17) is 0 Å². The Bertz CT molecular complexity index is 556. The van der Waals surface area contributed by atoms with Crippen LogP contribution in [0.2, 0.25) is 0 Å². The van der Waals surface area contributed by atoms with Crippen LogP contribution in [0.3, 0.4) is 0 Å². The van der Waals surface area contributed by atoms with E-state index in [2.05, 4.69) is 5.32 Å². The number of carbonyl (C=O) groups is 1. The predicted molar refractivity (Wildman–Crippen MR) is 73.4 cm³/mol. The van der Waals surface area contributed by atoms with Crippen molar-refractivity contribution in [1.29, 1.82) is 0 Å². The van der Waals surface area contributed by atoms with E-state index in [0.29, 0.717) is 6.54 Å². The standard InChI is InChI=1S/C14H17FN2O4/c15-11-4-3-10(7-12(11)17(20)21)13(19)16-8-14(9-18)5-1-2-6-14/h3-4,7,18H,1-2,5-6,8-9H2,(H,16,19). The third-order valence-corrected chi connectivity index (χ3v) is 4.03. The number of nitro groups is 1. The Morgan fingerprint density at radius 1 is 1.43 bits per heavy atom. The van der Waals surface area contributed by atoms with Gasteiger partial charge in [-0.2, -0.15) is 4.39 Å². The highest BCUT2D eigenvalue weighted by Gasteiger charge is 2.33. The largest absolute Gasteiger partial charge is 0.396 e. The van der Waals surface area contributed by atoms with Gasteiger partial charge < -0.3 is 10.4 Å². The molecule has 6 nitrogen and oxygen atoms in total. The summed E-state index contributed by atoms with van der Waals surface area (Å²) < 4.78 is 13.2. The van der Waals surface area contributed by atoms with E-state index in [1.54, 1.807) is 0 Å². The SMILES string of the molecule is O=C(NCC1(CO)CCCC1)c1ccc(F)c([N+](=O)[O-])c1. The summed E-state index contributed by atoms with van der Waals surface area (Å²) in [6, 6.07) is 3.04. The molecule has 1 amide bonds. The number of nitrogens with one attached hydrogen (secondary N) is 1. The molecular weight excluding hydrogens is 279 g/mol. The minimum Gasteiger partial charge on any atom is -0.396 e. The molecule has 2 N–H and O–H groups in total. The van der Waals surface area contributed by atoms with Gasteiger partial charge in [0.25, 0.3) is 5.91 Å². The van der Waals surface area contributed by atoms with Gasteiger partial charge in [-0.15, -0.1) is 0 Å². The number of aliphatic hydroxyl groups excluding tert-OH is 1. The van der Waals surface area contributed by atoms with Crippen LogP contribution in [-0.2, 0) is 0 Å². The van der Waals surface area contributed by atoms with Crippen LogP contribution in [0.15, 0.2) is 18.2 Å². The third kappa shape index (κ3) is 3.36. The summed E-state index contributed by atoms with van der Waals surface area (Å²) in [5.74, 6) is -1.48. The van der Waals surface area contributed by atoms with Crippen molar-refractivity contribution in [2.75, 3.05) is 13.2 Å². The highest BCUT2D eigenvalue weighted by Crippen LogP contribution is 2.36. The molecule has 0 radical (unpaired) electrons. The molecule has 1 saturated carbocycles. The zero-order valence-electron chi connectivity index (χ0n) is 11.5. The zero-order valence-corrected chi connectivity index (χ0v) is 11.5. The van der Waals surface area contributed by atoms with Crippen LogP contribution < -0.4 is 5.32 Å². The third-order valence-electron chi connectivity index (χ3n) is 4.03.